The Hall–Kier alpha value is -1.62. The van der Waals surface area contributed by atoms with Crippen molar-refractivity contribution in [2.24, 2.45) is 11.1 Å². The molecule has 1 aliphatic carbocycles. The van der Waals surface area contributed by atoms with Crippen LogP contribution in [0.5, 0.6) is 0 Å². The molecular formula is C21H29Cl2N3O. The topological polar surface area (TPSA) is 68.0 Å². The number of nitrogens with two attached hydrogens (primary N) is 1. The lowest BCUT2D eigenvalue weighted by Crippen LogP contribution is -2.39. The average molecular weight is 410 g/mol. The van der Waals surface area contributed by atoms with Crippen LogP contribution < -0.4 is 11.1 Å². The standard InChI is InChI=1S/C21H27N3O.2ClH/c22-16-21(11-5-2-6-12-21)14-19(25)24-20(17-8-3-1-4-9-17)18-10-7-13-23-15-18;;/h1,3-4,7-10,13,15,20H,2,5-6,11-12,14,16,22H2,(H,24,25);2*1H. The number of aromatic nitrogens is 1. The van der Waals surface area contributed by atoms with E-state index in [1.54, 1.807) is 6.20 Å². The third-order valence-corrected chi connectivity index (χ3v) is 5.34. The van der Waals surface area contributed by atoms with E-state index in [9.17, 15) is 4.79 Å². The first-order chi connectivity index (χ1) is 12.2. The van der Waals surface area contributed by atoms with Crippen LogP contribution >= 0.6 is 24.8 Å². The van der Waals surface area contributed by atoms with Gasteiger partial charge in [-0.15, -0.1) is 24.8 Å². The summed E-state index contributed by atoms with van der Waals surface area (Å²) in [5.74, 6) is 0.0741. The number of pyridine rings is 1. The highest BCUT2D eigenvalue weighted by molar-refractivity contribution is 5.85. The number of amides is 1. The van der Waals surface area contributed by atoms with Crippen LogP contribution in [0.3, 0.4) is 0 Å². The second-order valence-corrected chi connectivity index (χ2v) is 7.14. The van der Waals surface area contributed by atoms with Gasteiger partial charge in [-0.3, -0.25) is 9.78 Å². The van der Waals surface area contributed by atoms with E-state index in [4.69, 9.17) is 5.73 Å². The molecule has 3 rings (SSSR count). The normalized spacial score (nSPS) is 16.3. The predicted molar refractivity (Wildman–Crippen MR) is 114 cm³/mol. The van der Waals surface area contributed by atoms with Crippen molar-refractivity contribution in [2.75, 3.05) is 6.54 Å². The Morgan fingerprint density at radius 1 is 1.04 bits per heavy atom. The number of nitrogens with zero attached hydrogens (tertiary/aromatic N) is 1. The van der Waals surface area contributed by atoms with E-state index in [0.29, 0.717) is 13.0 Å². The molecule has 1 unspecified atom stereocenters. The molecule has 1 atom stereocenters. The summed E-state index contributed by atoms with van der Waals surface area (Å²) in [4.78, 5) is 17.1. The van der Waals surface area contributed by atoms with Gasteiger partial charge in [0.15, 0.2) is 0 Å². The molecule has 2 aromatic rings. The van der Waals surface area contributed by atoms with Gasteiger partial charge in [-0.2, -0.15) is 0 Å². The van der Waals surface area contributed by atoms with Gasteiger partial charge in [0.2, 0.25) is 5.91 Å². The fourth-order valence-electron chi connectivity index (χ4n) is 3.86. The zero-order valence-corrected chi connectivity index (χ0v) is 17.1. The number of carbonyl (C=O) groups excluding carboxylic acids is 1. The van der Waals surface area contributed by atoms with Crippen molar-refractivity contribution in [2.45, 2.75) is 44.6 Å². The molecule has 4 nitrogen and oxygen atoms in total. The SMILES string of the molecule is Cl.Cl.NCC1(CC(=O)NC(c2ccccc2)c2cccnc2)CCCCC1. The first kappa shape index (κ1) is 23.4. The summed E-state index contributed by atoms with van der Waals surface area (Å²) in [5.41, 5.74) is 8.08. The van der Waals surface area contributed by atoms with Gasteiger partial charge in [-0.25, -0.2) is 0 Å². The van der Waals surface area contributed by atoms with Crippen LogP contribution in [-0.2, 0) is 4.79 Å². The summed E-state index contributed by atoms with van der Waals surface area (Å²) in [6.07, 6.45) is 9.79. The molecule has 148 valence electrons. The van der Waals surface area contributed by atoms with Gasteiger partial charge in [0, 0.05) is 18.8 Å². The Morgan fingerprint density at radius 2 is 1.70 bits per heavy atom. The minimum absolute atomic E-state index is 0. The van der Waals surface area contributed by atoms with E-state index < -0.39 is 0 Å². The highest BCUT2D eigenvalue weighted by atomic mass is 35.5. The van der Waals surface area contributed by atoms with E-state index in [2.05, 4.69) is 10.3 Å². The minimum atomic E-state index is -0.180. The molecule has 1 amide bonds. The lowest BCUT2D eigenvalue weighted by Gasteiger charge is -2.36. The number of nitrogens with one attached hydrogen (secondary N) is 1. The van der Waals surface area contributed by atoms with Crippen molar-refractivity contribution in [3.05, 3.63) is 66.0 Å². The Bertz CT molecular complexity index is 637. The zero-order valence-electron chi connectivity index (χ0n) is 15.5. The van der Waals surface area contributed by atoms with Crippen LogP contribution in [0, 0.1) is 5.41 Å². The van der Waals surface area contributed by atoms with Crippen molar-refractivity contribution in [3.63, 3.8) is 0 Å². The summed E-state index contributed by atoms with van der Waals surface area (Å²) < 4.78 is 0. The lowest BCUT2D eigenvalue weighted by molar-refractivity contribution is -0.124. The number of hydrogen-bond acceptors (Lipinski definition) is 3. The number of rotatable bonds is 6. The summed E-state index contributed by atoms with van der Waals surface area (Å²) in [6.45, 7) is 0.587. The molecule has 1 saturated carbocycles. The average Bonchev–Trinajstić information content (AvgIpc) is 2.68. The van der Waals surface area contributed by atoms with E-state index in [-0.39, 0.29) is 42.2 Å². The highest BCUT2D eigenvalue weighted by Gasteiger charge is 2.33. The van der Waals surface area contributed by atoms with Crippen LogP contribution in [-0.4, -0.2) is 17.4 Å². The Labute approximate surface area is 174 Å². The smallest absolute Gasteiger partial charge is 0.221 e. The molecule has 1 aliphatic rings. The third kappa shape index (κ3) is 6.20. The molecule has 3 N–H and O–H groups in total. The Balaban J connectivity index is 0.00000182. The molecule has 1 aromatic heterocycles. The van der Waals surface area contributed by atoms with Gasteiger partial charge < -0.3 is 11.1 Å². The number of carbonyl (C=O) groups is 1. The largest absolute Gasteiger partial charge is 0.345 e. The molecule has 0 spiro atoms. The molecular weight excluding hydrogens is 381 g/mol. The zero-order chi connectivity index (χ0) is 17.5. The molecule has 0 saturated heterocycles. The third-order valence-electron chi connectivity index (χ3n) is 5.34. The molecule has 0 bridgehead atoms. The minimum Gasteiger partial charge on any atom is -0.345 e. The van der Waals surface area contributed by atoms with Crippen LogP contribution in [0.1, 0.15) is 55.7 Å². The van der Waals surface area contributed by atoms with Crippen LogP contribution in [0.15, 0.2) is 54.9 Å². The monoisotopic (exact) mass is 409 g/mol. The van der Waals surface area contributed by atoms with Crippen LogP contribution in [0.4, 0.5) is 0 Å². The molecule has 27 heavy (non-hydrogen) atoms. The first-order valence-electron chi connectivity index (χ1n) is 9.17. The van der Waals surface area contributed by atoms with Crippen molar-refractivity contribution >= 4 is 30.7 Å². The van der Waals surface area contributed by atoms with Crippen molar-refractivity contribution < 1.29 is 4.79 Å². The Kier molecular flexibility index (Phi) is 9.78. The summed E-state index contributed by atoms with van der Waals surface area (Å²) in [7, 11) is 0. The van der Waals surface area contributed by atoms with Gasteiger partial charge in [0.25, 0.3) is 0 Å². The van der Waals surface area contributed by atoms with Gasteiger partial charge >= 0.3 is 0 Å². The maximum Gasteiger partial charge on any atom is 0.221 e. The number of halogens is 2. The first-order valence-corrected chi connectivity index (χ1v) is 9.17. The molecule has 1 aromatic carbocycles. The second kappa shape index (κ2) is 11.3. The van der Waals surface area contributed by atoms with Crippen molar-refractivity contribution in [1.82, 2.24) is 10.3 Å². The molecule has 0 aliphatic heterocycles. The molecule has 1 fully saturated rings. The number of hydrogen-bond donors (Lipinski definition) is 2. The van der Waals surface area contributed by atoms with Crippen LogP contribution in [0.25, 0.3) is 0 Å². The van der Waals surface area contributed by atoms with Crippen molar-refractivity contribution in [3.8, 4) is 0 Å². The van der Waals surface area contributed by atoms with E-state index in [0.717, 1.165) is 24.0 Å². The summed E-state index contributed by atoms with van der Waals surface area (Å²) in [6, 6.07) is 13.8. The molecule has 1 heterocycles. The van der Waals surface area contributed by atoms with Gasteiger partial charge in [0.05, 0.1) is 6.04 Å². The van der Waals surface area contributed by atoms with E-state index in [1.807, 2.05) is 48.7 Å². The maximum atomic E-state index is 12.8. The van der Waals surface area contributed by atoms with E-state index in [1.165, 1.54) is 19.3 Å². The maximum absolute atomic E-state index is 12.8. The summed E-state index contributed by atoms with van der Waals surface area (Å²) >= 11 is 0. The predicted octanol–water partition coefficient (Wildman–Crippen LogP) is 4.43. The van der Waals surface area contributed by atoms with E-state index >= 15 is 0 Å². The molecule has 0 radical (unpaired) electrons. The molecule has 6 heteroatoms. The van der Waals surface area contributed by atoms with Crippen molar-refractivity contribution in [1.29, 1.82) is 0 Å². The fraction of sp³-hybridized carbons (Fsp3) is 0.429. The summed E-state index contributed by atoms with van der Waals surface area (Å²) in [5, 5.41) is 3.22. The van der Waals surface area contributed by atoms with Gasteiger partial charge in [0.1, 0.15) is 0 Å². The van der Waals surface area contributed by atoms with Gasteiger partial charge in [-0.05, 0) is 42.0 Å². The number of benzene rings is 1. The fourth-order valence-corrected chi connectivity index (χ4v) is 3.86. The lowest BCUT2D eigenvalue weighted by atomic mass is 9.71. The quantitative estimate of drug-likeness (QED) is 0.740. The Morgan fingerprint density at radius 3 is 2.30 bits per heavy atom. The highest BCUT2D eigenvalue weighted by Crippen LogP contribution is 2.38. The second-order valence-electron chi connectivity index (χ2n) is 7.14. The van der Waals surface area contributed by atoms with Gasteiger partial charge in [-0.1, -0.05) is 55.7 Å². The van der Waals surface area contributed by atoms with Crippen LogP contribution in [0.2, 0.25) is 0 Å².